The van der Waals surface area contributed by atoms with Crippen LogP contribution in [0, 0.1) is 0 Å². The van der Waals surface area contributed by atoms with Crippen LogP contribution in [-0.4, -0.2) is 23.3 Å². The molecule has 5 nitrogen and oxygen atoms in total. The number of hydrogen-bond acceptors (Lipinski definition) is 4. The summed E-state index contributed by atoms with van der Waals surface area (Å²) in [6.07, 6.45) is 0.118. The van der Waals surface area contributed by atoms with Crippen LogP contribution in [0.2, 0.25) is 0 Å². The van der Waals surface area contributed by atoms with Crippen molar-refractivity contribution in [2.75, 3.05) is 0 Å². The second-order valence-corrected chi connectivity index (χ2v) is 1.76. The molecule has 0 fully saturated rings. The molecule has 0 saturated carbocycles. The number of nitrogens with zero attached hydrogens (tertiary/aromatic N) is 1. The molecule has 0 aromatic heterocycles. The molecule has 0 radical (unpaired) electrons. The van der Waals surface area contributed by atoms with Crippen LogP contribution in [0.3, 0.4) is 0 Å². The Kier molecular flexibility index (Phi) is 3.87. The number of carbonyl (C=O) groups excluding carboxylic acids is 3. The topological polar surface area (TPSA) is 63.7 Å². The van der Waals surface area contributed by atoms with Crippen LogP contribution in [0.1, 0.15) is 20.3 Å². The van der Waals surface area contributed by atoms with Crippen LogP contribution in [0.25, 0.3) is 0 Å². The smallest absolute Gasteiger partial charge is 0.321 e. The zero-order chi connectivity index (χ0) is 8.85. The average molecular weight is 159 g/mol. The van der Waals surface area contributed by atoms with E-state index < -0.39 is 11.8 Å². The molecule has 0 bridgehead atoms. The Bertz CT molecular complexity index is 177. The van der Waals surface area contributed by atoms with E-state index in [1.54, 1.807) is 6.92 Å². The minimum Gasteiger partial charge on any atom is -0.334 e. The van der Waals surface area contributed by atoms with E-state index in [9.17, 15) is 14.4 Å². The quantitative estimate of drug-likeness (QED) is 0.424. The highest BCUT2D eigenvalue weighted by Gasteiger charge is 2.16. The van der Waals surface area contributed by atoms with Gasteiger partial charge in [-0.2, -0.15) is 0 Å². The van der Waals surface area contributed by atoms with Gasteiger partial charge in [0.25, 0.3) is 11.8 Å². The third-order valence-electron chi connectivity index (χ3n) is 0.963. The van der Waals surface area contributed by atoms with Crippen molar-refractivity contribution in [1.82, 2.24) is 5.06 Å². The van der Waals surface area contributed by atoms with Gasteiger partial charge >= 0.3 is 6.47 Å². The van der Waals surface area contributed by atoms with E-state index in [-0.39, 0.29) is 12.9 Å². The molecular formula is C6H9NO4. The third-order valence-corrected chi connectivity index (χ3v) is 0.963. The Hall–Kier alpha value is -1.39. The van der Waals surface area contributed by atoms with E-state index in [1.807, 2.05) is 0 Å². The number of amides is 2. The lowest BCUT2D eigenvalue weighted by molar-refractivity contribution is -0.192. The minimum absolute atomic E-state index is 0.0367. The van der Waals surface area contributed by atoms with Gasteiger partial charge in [-0.05, 0) is 0 Å². The zero-order valence-corrected chi connectivity index (χ0v) is 6.36. The third kappa shape index (κ3) is 2.79. The molecule has 0 N–H and O–H groups in total. The normalized spacial score (nSPS) is 8.55. The second-order valence-electron chi connectivity index (χ2n) is 1.76. The van der Waals surface area contributed by atoms with Crippen LogP contribution < -0.4 is 0 Å². The molecule has 0 atom stereocenters. The van der Waals surface area contributed by atoms with Gasteiger partial charge < -0.3 is 4.84 Å². The van der Waals surface area contributed by atoms with E-state index in [0.29, 0.717) is 5.06 Å². The van der Waals surface area contributed by atoms with Crippen molar-refractivity contribution in [3.63, 3.8) is 0 Å². The standard InChI is InChI=1S/C6H9NO4/c1-3-6(10)7(5(2)9)11-4-8/h4H,3H2,1-2H3. The van der Waals surface area contributed by atoms with E-state index in [1.165, 1.54) is 0 Å². The molecule has 11 heavy (non-hydrogen) atoms. The molecule has 0 aliphatic carbocycles. The van der Waals surface area contributed by atoms with Crippen LogP contribution in [-0.2, 0) is 19.2 Å². The van der Waals surface area contributed by atoms with Gasteiger partial charge in [0.15, 0.2) is 0 Å². The first-order valence-corrected chi connectivity index (χ1v) is 3.07. The molecule has 0 rings (SSSR count). The fraction of sp³-hybridized carbons (Fsp3) is 0.500. The first-order valence-electron chi connectivity index (χ1n) is 3.07. The van der Waals surface area contributed by atoms with Crippen LogP contribution in [0.15, 0.2) is 0 Å². The molecule has 2 amide bonds. The van der Waals surface area contributed by atoms with E-state index in [0.717, 1.165) is 6.92 Å². The Morgan fingerprint density at radius 2 is 2.09 bits per heavy atom. The molecule has 0 heterocycles. The maximum Gasteiger partial charge on any atom is 0.321 e. The van der Waals surface area contributed by atoms with Gasteiger partial charge in [0.2, 0.25) is 0 Å². The highest BCUT2D eigenvalue weighted by Crippen LogP contribution is 1.94. The van der Waals surface area contributed by atoms with Gasteiger partial charge in [-0.25, -0.2) is 0 Å². The summed E-state index contributed by atoms with van der Waals surface area (Å²) < 4.78 is 0. The molecular weight excluding hydrogens is 150 g/mol. The molecule has 0 spiro atoms. The summed E-state index contributed by atoms with van der Waals surface area (Å²) in [6, 6.07) is 0. The summed E-state index contributed by atoms with van der Waals surface area (Å²) in [7, 11) is 0. The van der Waals surface area contributed by atoms with Gasteiger partial charge in [-0.15, -0.1) is 5.06 Å². The molecule has 62 valence electrons. The molecule has 0 aliphatic rings. The Labute approximate surface area is 63.9 Å². The van der Waals surface area contributed by atoms with Gasteiger partial charge in [0, 0.05) is 13.3 Å². The Balaban J connectivity index is 4.20. The van der Waals surface area contributed by atoms with Crippen molar-refractivity contribution in [3.05, 3.63) is 0 Å². The lowest BCUT2D eigenvalue weighted by Crippen LogP contribution is -2.34. The van der Waals surface area contributed by atoms with Crippen molar-refractivity contribution in [2.45, 2.75) is 20.3 Å². The summed E-state index contributed by atoms with van der Waals surface area (Å²) >= 11 is 0. The fourth-order valence-electron chi connectivity index (χ4n) is 0.495. The second kappa shape index (κ2) is 4.43. The lowest BCUT2D eigenvalue weighted by Gasteiger charge is -2.12. The highest BCUT2D eigenvalue weighted by atomic mass is 16.7. The van der Waals surface area contributed by atoms with Crippen molar-refractivity contribution in [1.29, 1.82) is 0 Å². The summed E-state index contributed by atoms with van der Waals surface area (Å²) in [5.41, 5.74) is 0. The number of rotatable bonds is 3. The average Bonchev–Trinajstić information content (AvgIpc) is 1.98. The first-order chi connectivity index (χ1) is 5.13. The summed E-state index contributed by atoms with van der Waals surface area (Å²) in [4.78, 5) is 35.2. The summed E-state index contributed by atoms with van der Waals surface area (Å²) in [6.45, 7) is 2.73. The fourth-order valence-corrected chi connectivity index (χ4v) is 0.495. The van der Waals surface area contributed by atoms with Gasteiger partial charge in [-0.1, -0.05) is 6.92 Å². The molecule has 0 aromatic rings. The first kappa shape index (κ1) is 9.61. The Morgan fingerprint density at radius 1 is 1.55 bits per heavy atom. The maximum atomic E-state index is 10.8. The van der Waals surface area contributed by atoms with E-state index in [2.05, 4.69) is 4.84 Å². The van der Waals surface area contributed by atoms with E-state index >= 15 is 0 Å². The molecule has 5 heteroatoms. The number of imide groups is 1. The lowest BCUT2D eigenvalue weighted by atomic mass is 10.4. The van der Waals surface area contributed by atoms with Gasteiger partial charge in [0.1, 0.15) is 0 Å². The zero-order valence-electron chi connectivity index (χ0n) is 6.36. The van der Waals surface area contributed by atoms with Crippen molar-refractivity contribution in [2.24, 2.45) is 0 Å². The summed E-state index contributed by atoms with van der Waals surface area (Å²) in [5.74, 6) is -1.14. The van der Waals surface area contributed by atoms with Crippen molar-refractivity contribution < 1.29 is 19.2 Å². The van der Waals surface area contributed by atoms with Gasteiger partial charge in [0.05, 0.1) is 0 Å². The van der Waals surface area contributed by atoms with Crippen LogP contribution in [0.4, 0.5) is 0 Å². The van der Waals surface area contributed by atoms with Crippen LogP contribution in [0.5, 0.6) is 0 Å². The number of hydroxylamine groups is 2. The number of carbonyl (C=O) groups is 3. The molecule has 0 unspecified atom stereocenters. The predicted octanol–water partition coefficient (Wildman–Crippen LogP) is -0.141. The molecule has 0 aromatic carbocycles. The SMILES string of the molecule is CCC(=O)N(OC=O)C(C)=O. The molecule has 0 aliphatic heterocycles. The summed E-state index contributed by atoms with van der Waals surface area (Å²) in [5, 5.41) is 0.424. The highest BCUT2D eigenvalue weighted by molar-refractivity contribution is 5.93. The minimum atomic E-state index is -0.607. The predicted molar refractivity (Wildman–Crippen MR) is 35.0 cm³/mol. The maximum absolute atomic E-state index is 10.8. The van der Waals surface area contributed by atoms with Crippen LogP contribution >= 0.6 is 0 Å². The van der Waals surface area contributed by atoms with Crippen molar-refractivity contribution in [3.8, 4) is 0 Å². The molecule has 0 saturated heterocycles. The Morgan fingerprint density at radius 3 is 2.36 bits per heavy atom. The monoisotopic (exact) mass is 159 g/mol. The van der Waals surface area contributed by atoms with E-state index in [4.69, 9.17) is 0 Å². The van der Waals surface area contributed by atoms with Gasteiger partial charge in [-0.3, -0.25) is 14.4 Å². The number of hydrogen-bond donors (Lipinski definition) is 0. The van der Waals surface area contributed by atoms with Crippen molar-refractivity contribution >= 4 is 18.3 Å². The largest absolute Gasteiger partial charge is 0.334 e.